The Hall–Kier alpha value is -2.66. The number of amides is 1. The number of carbonyl (C=O) groups excluding carboxylic acids is 2. The molecule has 0 bridgehead atoms. The van der Waals surface area contributed by atoms with Crippen LogP contribution in [-0.2, 0) is 20.9 Å². The molecule has 2 rings (SSSR count). The first-order valence-electron chi connectivity index (χ1n) is 8.62. The Morgan fingerprint density at radius 2 is 1.65 bits per heavy atom. The van der Waals surface area contributed by atoms with E-state index in [9.17, 15) is 9.59 Å². The van der Waals surface area contributed by atoms with Gasteiger partial charge in [-0.15, -0.1) is 0 Å². The minimum absolute atomic E-state index is 0.0760. The average Bonchev–Trinajstić information content (AvgIpc) is 2.66. The second-order valence-corrected chi connectivity index (χ2v) is 6.27. The maximum absolute atomic E-state index is 12.6. The molecule has 0 aromatic heterocycles. The van der Waals surface area contributed by atoms with Crippen molar-refractivity contribution in [3.63, 3.8) is 0 Å². The normalized spacial score (nSPS) is 11.8. The first kappa shape index (κ1) is 19.7. The zero-order valence-electron chi connectivity index (χ0n) is 15.4. The van der Waals surface area contributed by atoms with E-state index in [-0.39, 0.29) is 24.4 Å². The Morgan fingerprint density at radius 1 is 1.00 bits per heavy atom. The Bertz CT molecular complexity index is 711. The molecule has 0 aliphatic carbocycles. The second-order valence-electron chi connectivity index (χ2n) is 6.27. The van der Waals surface area contributed by atoms with Gasteiger partial charge in [0.15, 0.2) is 0 Å². The Balaban J connectivity index is 2.07. The number of hydrogen-bond donors (Lipinski definition) is 1. The van der Waals surface area contributed by atoms with Crippen LogP contribution in [0.3, 0.4) is 0 Å². The molecule has 0 radical (unpaired) electrons. The number of carbonyl (C=O) groups is 2. The van der Waals surface area contributed by atoms with Gasteiger partial charge in [-0.1, -0.05) is 42.5 Å². The fourth-order valence-electron chi connectivity index (χ4n) is 2.44. The lowest BCUT2D eigenvalue weighted by molar-refractivity contribution is -0.141. The molecule has 0 spiro atoms. The zero-order chi connectivity index (χ0) is 18.9. The molecule has 26 heavy (non-hydrogen) atoms. The molecular formula is C21H25NO4. The van der Waals surface area contributed by atoms with Crippen LogP contribution in [0.5, 0.6) is 0 Å². The van der Waals surface area contributed by atoms with E-state index in [1.807, 2.05) is 56.3 Å². The number of methoxy groups -OCH3 is 1. The Kier molecular flexibility index (Phi) is 7.36. The molecule has 1 atom stereocenters. The van der Waals surface area contributed by atoms with Gasteiger partial charge in [-0.3, -0.25) is 9.59 Å². The zero-order valence-corrected chi connectivity index (χ0v) is 15.4. The summed E-state index contributed by atoms with van der Waals surface area (Å²) in [6, 6.07) is 16.2. The topological polar surface area (TPSA) is 64.6 Å². The summed E-state index contributed by atoms with van der Waals surface area (Å²) in [5.74, 6) is -0.612. The SMILES string of the molecule is COC(=O)C[C@H](NC(=O)c1ccc(COC(C)C)cc1)c1ccccc1. The standard InChI is InChI=1S/C21H25NO4/c1-15(2)26-14-16-9-11-18(12-10-16)21(24)22-19(13-20(23)25-3)17-7-5-4-6-8-17/h4-12,15,19H,13-14H2,1-3H3,(H,22,24)/t19-/m0/s1. The van der Waals surface area contributed by atoms with Gasteiger partial charge in [0.25, 0.3) is 5.91 Å². The van der Waals surface area contributed by atoms with Crippen LogP contribution in [-0.4, -0.2) is 25.1 Å². The molecule has 138 valence electrons. The van der Waals surface area contributed by atoms with E-state index in [1.165, 1.54) is 7.11 Å². The van der Waals surface area contributed by atoms with Crippen molar-refractivity contribution in [3.05, 3.63) is 71.3 Å². The minimum Gasteiger partial charge on any atom is -0.469 e. The van der Waals surface area contributed by atoms with E-state index in [0.717, 1.165) is 11.1 Å². The van der Waals surface area contributed by atoms with E-state index < -0.39 is 6.04 Å². The monoisotopic (exact) mass is 355 g/mol. The van der Waals surface area contributed by atoms with Crippen LogP contribution >= 0.6 is 0 Å². The summed E-state index contributed by atoms with van der Waals surface area (Å²) < 4.78 is 10.3. The Labute approximate surface area is 154 Å². The predicted octanol–water partition coefficient (Wildman–Crippen LogP) is 3.65. The fourth-order valence-corrected chi connectivity index (χ4v) is 2.44. The van der Waals surface area contributed by atoms with Crippen LogP contribution < -0.4 is 5.32 Å². The molecule has 0 unspecified atom stereocenters. The predicted molar refractivity (Wildman–Crippen MR) is 99.6 cm³/mol. The van der Waals surface area contributed by atoms with E-state index in [1.54, 1.807) is 12.1 Å². The number of hydrogen-bond acceptors (Lipinski definition) is 4. The number of benzene rings is 2. The molecule has 0 aliphatic rings. The van der Waals surface area contributed by atoms with Gasteiger partial charge < -0.3 is 14.8 Å². The summed E-state index contributed by atoms with van der Waals surface area (Å²) >= 11 is 0. The summed E-state index contributed by atoms with van der Waals surface area (Å²) in [6.45, 7) is 4.47. The summed E-state index contributed by atoms with van der Waals surface area (Å²) in [6.07, 6.45) is 0.231. The number of esters is 1. The van der Waals surface area contributed by atoms with Gasteiger partial charge in [0.2, 0.25) is 0 Å². The third-order valence-corrected chi connectivity index (χ3v) is 3.91. The Morgan fingerprint density at radius 3 is 2.23 bits per heavy atom. The summed E-state index contributed by atoms with van der Waals surface area (Å²) in [5.41, 5.74) is 2.39. The van der Waals surface area contributed by atoms with Crippen LogP contribution in [0.4, 0.5) is 0 Å². The van der Waals surface area contributed by atoms with Gasteiger partial charge in [0.1, 0.15) is 0 Å². The fraction of sp³-hybridized carbons (Fsp3) is 0.333. The highest BCUT2D eigenvalue weighted by atomic mass is 16.5. The number of ether oxygens (including phenoxy) is 2. The molecule has 0 fully saturated rings. The van der Waals surface area contributed by atoms with E-state index in [4.69, 9.17) is 9.47 Å². The van der Waals surface area contributed by atoms with Gasteiger partial charge in [-0.05, 0) is 37.1 Å². The van der Waals surface area contributed by atoms with Gasteiger partial charge in [-0.2, -0.15) is 0 Å². The molecule has 0 saturated heterocycles. The molecule has 0 saturated carbocycles. The molecular weight excluding hydrogens is 330 g/mol. The van der Waals surface area contributed by atoms with Crippen molar-refractivity contribution in [3.8, 4) is 0 Å². The van der Waals surface area contributed by atoms with Crippen molar-refractivity contribution in [1.29, 1.82) is 0 Å². The summed E-state index contributed by atoms with van der Waals surface area (Å²) in [7, 11) is 1.34. The first-order valence-corrected chi connectivity index (χ1v) is 8.62. The average molecular weight is 355 g/mol. The molecule has 0 aliphatic heterocycles. The van der Waals surface area contributed by atoms with Crippen molar-refractivity contribution < 1.29 is 19.1 Å². The third kappa shape index (κ3) is 6.01. The van der Waals surface area contributed by atoms with Gasteiger partial charge in [0.05, 0.1) is 32.3 Å². The lowest BCUT2D eigenvalue weighted by atomic mass is 10.0. The van der Waals surface area contributed by atoms with E-state index in [2.05, 4.69) is 5.32 Å². The van der Waals surface area contributed by atoms with Gasteiger partial charge in [-0.25, -0.2) is 0 Å². The third-order valence-electron chi connectivity index (χ3n) is 3.91. The van der Waals surface area contributed by atoms with E-state index >= 15 is 0 Å². The molecule has 1 N–H and O–H groups in total. The molecule has 0 heterocycles. The molecule has 1 amide bonds. The van der Waals surface area contributed by atoms with Crippen LogP contribution in [0.1, 0.15) is 47.8 Å². The first-order chi connectivity index (χ1) is 12.5. The van der Waals surface area contributed by atoms with Crippen molar-refractivity contribution >= 4 is 11.9 Å². The summed E-state index contributed by atoms with van der Waals surface area (Å²) in [4.78, 5) is 24.3. The second kappa shape index (κ2) is 9.73. The lowest BCUT2D eigenvalue weighted by Crippen LogP contribution is -2.30. The van der Waals surface area contributed by atoms with Crippen molar-refractivity contribution in [1.82, 2.24) is 5.32 Å². The maximum atomic E-state index is 12.6. The summed E-state index contributed by atoms with van der Waals surface area (Å²) in [5, 5.41) is 2.91. The minimum atomic E-state index is -0.444. The lowest BCUT2D eigenvalue weighted by Gasteiger charge is -2.18. The van der Waals surface area contributed by atoms with Gasteiger partial charge >= 0.3 is 5.97 Å². The smallest absolute Gasteiger partial charge is 0.307 e. The van der Waals surface area contributed by atoms with Crippen molar-refractivity contribution in [2.75, 3.05) is 7.11 Å². The largest absolute Gasteiger partial charge is 0.469 e. The molecule has 2 aromatic carbocycles. The van der Waals surface area contributed by atoms with Crippen LogP contribution in [0, 0.1) is 0 Å². The van der Waals surface area contributed by atoms with Crippen LogP contribution in [0.2, 0.25) is 0 Å². The maximum Gasteiger partial charge on any atom is 0.307 e. The molecule has 5 heteroatoms. The van der Waals surface area contributed by atoms with Crippen LogP contribution in [0.25, 0.3) is 0 Å². The highest BCUT2D eigenvalue weighted by Gasteiger charge is 2.19. The van der Waals surface area contributed by atoms with Crippen molar-refractivity contribution in [2.24, 2.45) is 0 Å². The molecule has 2 aromatic rings. The van der Waals surface area contributed by atoms with Crippen LogP contribution in [0.15, 0.2) is 54.6 Å². The quantitative estimate of drug-likeness (QED) is 0.734. The number of nitrogens with one attached hydrogen (secondary N) is 1. The number of rotatable bonds is 8. The highest BCUT2D eigenvalue weighted by molar-refractivity contribution is 5.94. The van der Waals surface area contributed by atoms with E-state index in [0.29, 0.717) is 12.2 Å². The van der Waals surface area contributed by atoms with Crippen molar-refractivity contribution in [2.45, 2.75) is 39.0 Å². The highest BCUT2D eigenvalue weighted by Crippen LogP contribution is 2.18. The van der Waals surface area contributed by atoms with Gasteiger partial charge in [0, 0.05) is 5.56 Å². The molecule has 5 nitrogen and oxygen atoms in total.